The lowest BCUT2D eigenvalue weighted by atomic mass is 10.4. The second-order valence-corrected chi connectivity index (χ2v) is 2.86. The molecule has 0 bridgehead atoms. The Morgan fingerprint density at radius 2 is 1.85 bits per heavy atom. The summed E-state index contributed by atoms with van der Waals surface area (Å²) < 4.78 is 0. The van der Waals surface area contributed by atoms with E-state index in [9.17, 15) is 0 Å². The summed E-state index contributed by atoms with van der Waals surface area (Å²) >= 11 is 11.4. The van der Waals surface area contributed by atoms with E-state index in [1.807, 2.05) is 0 Å². The number of anilines is 1. The van der Waals surface area contributed by atoms with E-state index < -0.39 is 0 Å². The molecule has 0 radical (unpaired) electrons. The van der Waals surface area contributed by atoms with Crippen LogP contribution in [-0.4, -0.2) is 10.2 Å². The van der Waals surface area contributed by atoms with Crippen LogP contribution in [0.4, 0.5) is 5.69 Å². The van der Waals surface area contributed by atoms with E-state index in [0.29, 0.717) is 5.69 Å². The quantitative estimate of drug-likeness (QED) is 0.777. The van der Waals surface area contributed by atoms with Gasteiger partial charge in [0.05, 0.1) is 5.69 Å². The first-order valence-electron chi connectivity index (χ1n) is 3.41. The first kappa shape index (κ1) is 10.0. The van der Waals surface area contributed by atoms with Gasteiger partial charge in [-0.15, -0.1) is 10.2 Å². The summed E-state index contributed by atoms with van der Waals surface area (Å²) in [5, 5.41) is 7.75. The summed E-state index contributed by atoms with van der Waals surface area (Å²) in [7, 11) is 0. The molecule has 0 spiro atoms. The molecule has 68 valence electrons. The molecule has 5 heteroatoms. The van der Waals surface area contributed by atoms with Crippen LogP contribution in [0, 0.1) is 0 Å². The molecule has 0 fully saturated rings. The summed E-state index contributed by atoms with van der Waals surface area (Å²) in [6.45, 7) is 7.17. The van der Waals surface area contributed by atoms with Crippen molar-refractivity contribution in [1.29, 1.82) is 0 Å². The van der Waals surface area contributed by atoms with Gasteiger partial charge in [-0.05, 0) is 0 Å². The van der Waals surface area contributed by atoms with Gasteiger partial charge in [0.25, 0.3) is 0 Å². The zero-order valence-electron chi connectivity index (χ0n) is 6.74. The van der Waals surface area contributed by atoms with Crippen molar-refractivity contribution in [3.8, 4) is 0 Å². The van der Waals surface area contributed by atoms with Gasteiger partial charge in [-0.1, -0.05) is 36.4 Å². The summed E-state index contributed by atoms with van der Waals surface area (Å²) in [5.41, 5.74) is 0.603. The van der Waals surface area contributed by atoms with Crippen molar-refractivity contribution in [3.05, 3.63) is 41.9 Å². The van der Waals surface area contributed by atoms with Gasteiger partial charge in [-0.25, -0.2) is 0 Å². The van der Waals surface area contributed by atoms with Gasteiger partial charge in [0, 0.05) is 18.5 Å². The zero-order valence-corrected chi connectivity index (χ0v) is 8.26. The van der Waals surface area contributed by atoms with E-state index in [2.05, 4.69) is 23.4 Å². The Balaban J connectivity index is 3.17. The second kappa shape index (κ2) is 4.25. The average molecular weight is 216 g/mol. The van der Waals surface area contributed by atoms with Crippen molar-refractivity contribution in [3.63, 3.8) is 0 Å². The van der Waals surface area contributed by atoms with Gasteiger partial charge >= 0.3 is 0 Å². The van der Waals surface area contributed by atoms with E-state index in [-0.39, 0.29) is 10.3 Å². The predicted molar refractivity (Wildman–Crippen MR) is 54.9 cm³/mol. The minimum Gasteiger partial charge on any atom is -0.322 e. The second-order valence-electron chi connectivity index (χ2n) is 2.12. The number of aromatic nitrogens is 2. The zero-order chi connectivity index (χ0) is 9.84. The highest BCUT2D eigenvalue weighted by Crippen LogP contribution is 2.25. The predicted octanol–water partition coefficient (Wildman–Crippen LogP) is 2.88. The van der Waals surface area contributed by atoms with Crippen LogP contribution in [0.15, 0.2) is 31.6 Å². The van der Waals surface area contributed by atoms with E-state index in [1.165, 1.54) is 0 Å². The third kappa shape index (κ3) is 2.20. The molecule has 1 aromatic heterocycles. The fourth-order valence-electron chi connectivity index (χ4n) is 0.796. The van der Waals surface area contributed by atoms with Crippen LogP contribution in [-0.2, 0) is 0 Å². The highest BCUT2D eigenvalue weighted by atomic mass is 35.5. The first-order valence-corrected chi connectivity index (χ1v) is 4.16. The summed E-state index contributed by atoms with van der Waals surface area (Å²) in [6.07, 6.45) is 3.10. The molecule has 13 heavy (non-hydrogen) atoms. The topological polar surface area (TPSA) is 29.0 Å². The number of nitrogens with zero attached hydrogens (tertiary/aromatic N) is 3. The molecule has 0 atom stereocenters. The maximum absolute atomic E-state index is 5.78. The van der Waals surface area contributed by atoms with Crippen LogP contribution in [0.3, 0.4) is 0 Å². The summed E-state index contributed by atoms with van der Waals surface area (Å²) in [4.78, 5) is 1.60. The van der Waals surface area contributed by atoms with E-state index >= 15 is 0 Å². The highest BCUT2D eigenvalue weighted by Gasteiger charge is 2.07. The lowest BCUT2D eigenvalue weighted by Crippen LogP contribution is -2.07. The lowest BCUT2D eigenvalue weighted by Gasteiger charge is -2.14. The van der Waals surface area contributed by atoms with Crippen LogP contribution in [0.1, 0.15) is 0 Å². The maximum Gasteiger partial charge on any atom is 0.175 e. The van der Waals surface area contributed by atoms with E-state index in [0.717, 1.165) is 0 Å². The molecular weight excluding hydrogens is 209 g/mol. The number of hydrogen-bond acceptors (Lipinski definition) is 3. The molecule has 1 heterocycles. The molecule has 0 saturated carbocycles. The largest absolute Gasteiger partial charge is 0.322 e. The molecule has 0 N–H and O–H groups in total. The minimum atomic E-state index is 0.254. The van der Waals surface area contributed by atoms with Crippen LogP contribution < -0.4 is 4.90 Å². The highest BCUT2D eigenvalue weighted by molar-refractivity contribution is 6.33. The molecular formula is C8H7Cl2N3. The van der Waals surface area contributed by atoms with E-state index in [1.54, 1.807) is 23.4 Å². The molecule has 0 saturated heterocycles. The molecule has 0 unspecified atom stereocenters. The third-order valence-corrected chi connectivity index (χ3v) is 1.83. The normalized spacial score (nSPS) is 9.38. The van der Waals surface area contributed by atoms with Crippen LogP contribution in [0.2, 0.25) is 10.3 Å². The molecule has 3 nitrogen and oxygen atoms in total. The molecule has 0 aromatic carbocycles. The molecule has 0 aliphatic carbocycles. The first-order chi connectivity index (χ1) is 6.19. The van der Waals surface area contributed by atoms with Gasteiger partial charge in [-0.3, -0.25) is 0 Å². The SMILES string of the molecule is C=CN(C=C)c1cc(Cl)nnc1Cl. The number of hydrogen-bond donors (Lipinski definition) is 0. The van der Waals surface area contributed by atoms with Gasteiger partial charge in [0.2, 0.25) is 0 Å². The van der Waals surface area contributed by atoms with Crippen molar-refractivity contribution in [2.75, 3.05) is 4.90 Å². The Morgan fingerprint density at radius 3 is 2.38 bits per heavy atom. The lowest BCUT2D eigenvalue weighted by molar-refractivity contribution is 1.02. The van der Waals surface area contributed by atoms with Gasteiger partial charge in [0.1, 0.15) is 0 Å². The summed E-state index contributed by atoms with van der Waals surface area (Å²) in [5.74, 6) is 0. The Bertz CT molecular complexity index is 330. The Kier molecular flexibility index (Phi) is 3.28. The fourth-order valence-corrected chi connectivity index (χ4v) is 1.13. The van der Waals surface area contributed by atoms with Crippen molar-refractivity contribution < 1.29 is 0 Å². The summed E-state index contributed by atoms with van der Waals surface area (Å²) in [6, 6.07) is 1.58. The molecule has 1 aromatic rings. The number of halogens is 2. The Labute approximate surface area is 86.3 Å². The average Bonchev–Trinajstić information content (AvgIpc) is 2.13. The van der Waals surface area contributed by atoms with Crippen molar-refractivity contribution in [2.24, 2.45) is 0 Å². The van der Waals surface area contributed by atoms with Crippen LogP contribution in [0.5, 0.6) is 0 Å². The third-order valence-electron chi connectivity index (χ3n) is 1.37. The fraction of sp³-hybridized carbons (Fsp3) is 0. The molecule has 0 aliphatic rings. The van der Waals surface area contributed by atoms with Crippen LogP contribution >= 0.6 is 23.2 Å². The molecule has 0 aliphatic heterocycles. The Morgan fingerprint density at radius 1 is 1.23 bits per heavy atom. The standard InChI is InChI=1S/C8H7Cl2N3/c1-3-13(4-2)6-5-7(9)11-12-8(6)10/h3-5H,1-2H2. The Hall–Kier alpha value is -1.06. The smallest absolute Gasteiger partial charge is 0.175 e. The van der Waals surface area contributed by atoms with E-state index in [4.69, 9.17) is 23.2 Å². The monoisotopic (exact) mass is 215 g/mol. The van der Waals surface area contributed by atoms with Gasteiger partial charge < -0.3 is 4.90 Å². The van der Waals surface area contributed by atoms with Crippen molar-refractivity contribution >= 4 is 28.9 Å². The molecule has 1 rings (SSSR count). The van der Waals surface area contributed by atoms with Crippen molar-refractivity contribution in [1.82, 2.24) is 10.2 Å². The van der Waals surface area contributed by atoms with Crippen molar-refractivity contribution in [2.45, 2.75) is 0 Å². The number of rotatable bonds is 3. The minimum absolute atomic E-state index is 0.254. The maximum atomic E-state index is 5.78. The molecule has 0 amide bonds. The van der Waals surface area contributed by atoms with Gasteiger partial charge in [0.15, 0.2) is 10.3 Å². The van der Waals surface area contributed by atoms with Crippen LogP contribution in [0.25, 0.3) is 0 Å². The van der Waals surface area contributed by atoms with Gasteiger partial charge in [-0.2, -0.15) is 0 Å².